The molecule has 7 heteroatoms. The Morgan fingerprint density at radius 2 is 1.73 bits per heavy atom. The van der Waals surface area contributed by atoms with E-state index in [0.29, 0.717) is 30.4 Å². The van der Waals surface area contributed by atoms with Crippen LogP contribution in [0.15, 0.2) is 59.6 Å². The lowest BCUT2D eigenvalue weighted by Gasteiger charge is -2.18. The molecular weight excluding hydrogens is 361 g/mol. The van der Waals surface area contributed by atoms with Crippen molar-refractivity contribution in [2.24, 2.45) is 4.99 Å². The second kappa shape index (κ2) is 7.95. The van der Waals surface area contributed by atoms with Crippen LogP contribution in [-0.4, -0.2) is 29.1 Å². The molecule has 3 nitrogen and oxygen atoms in total. The quantitative estimate of drug-likeness (QED) is 0.791. The summed E-state index contributed by atoms with van der Waals surface area (Å²) in [5.74, 6) is 0.443. The highest BCUT2D eigenvalue weighted by molar-refractivity contribution is 8.13. The summed E-state index contributed by atoms with van der Waals surface area (Å²) in [6, 6.07) is 14.6. The lowest BCUT2D eigenvalue weighted by atomic mass is 10.1. The summed E-state index contributed by atoms with van der Waals surface area (Å²) in [6.45, 7) is 1.09. The third-order valence-electron chi connectivity index (χ3n) is 3.95. The van der Waals surface area contributed by atoms with Crippen LogP contribution in [0, 0.1) is 0 Å². The number of carbonyl (C=O) groups excluding carboxylic acids is 1. The molecule has 2 aromatic rings. The Bertz CT molecular complexity index is 789. The van der Waals surface area contributed by atoms with E-state index in [1.165, 1.54) is 23.9 Å². The Morgan fingerprint density at radius 1 is 1.04 bits per heavy atom. The van der Waals surface area contributed by atoms with Crippen LogP contribution < -0.4 is 0 Å². The Kier molecular flexibility index (Phi) is 5.66. The molecule has 0 radical (unpaired) electrons. The number of aliphatic imine (C=N–C) groups is 1. The van der Waals surface area contributed by atoms with Crippen molar-refractivity contribution >= 4 is 22.8 Å². The maximum atomic E-state index is 12.6. The fourth-order valence-corrected chi connectivity index (χ4v) is 3.61. The van der Waals surface area contributed by atoms with Gasteiger partial charge in [-0.3, -0.25) is 14.7 Å². The Hall–Kier alpha value is -2.28. The van der Waals surface area contributed by atoms with Crippen LogP contribution in [0.4, 0.5) is 13.2 Å². The molecule has 0 aliphatic carbocycles. The molecule has 0 fully saturated rings. The van der Waals surface area contributed by atoms with Gasteiger partial charge in [0.05, 0.1) is 18.5 Å². The lowest BCUT2D eigenvalue weighted by Crippen LogP contribution is -2.34. The molecule has 0 spiro atoms. The number of alkyl halides is 3. The minimum absolute atomic E-state index is 0.0210. The van der Waals surface area contributed by atoms with E-state index in [4.69, 9.17) is 0 Å². The van der Waals surface area contributed by atoms with Crippen LogP contribution in [0.3, 0.4) is 0 Å². The van der Waals surface area contributed by atoms with Gasteiger partial charge in [-0.25, -0.2) is 0 Å². The minimum atomic E-state index is -4.33. The van der Waals surface area contributed by atoms with Gasteiger partial charge in [-0.2, -0.15) is 13.2 Å². The Morgan fingerprint density at radius 3 is 2.38 bits per heavy atom. The molecule has 26 heavy (non-hydrogen) atoms. The number of hydrogen-bond donors (Lipinski definition) is 0. The summed E-state index contributed by atoms with van der Waals surface area (Å²) in [5, 5.41) is 0.630. The monoisotopic (exact) mass is 378 g/mol. The number of thioether (sulfide) groups is 1. The molecule has 1 aliphatic rings. The maximum Gasteiger partial charge on any atom is 0.416 e. The predicted octanol–water partition coefficient (Wildman–Crippen LogP) is 4.38. The van der Waals surface area contributed by atoms with E-state index >= 15 is 0 Å². The second-order valence-electron chi connectivity index (χ2n) is 5.86. The van der Waals surface area contributed by atoms with Gasteiger partial charge in [0, 0.05) is 12.3 Å². The van der Waals surface area contributed by atoms with Gasteiger partial charge in [0.25, 0.3) is 0 Å². The van der Waals surface area contributed by atoms with Crippen molar-refractivity contribution in [3.63, 3.8) is 0 Å². The van der Waals surface area contributed by atoms with Crippen molar-refractivity contribution in [2.75, 3.05) is 13.1 Å². The van der Waals surface area contributed by atoms with Gasteiger partial charge in [0.2, 0.25) is 5.91 Å². The van der Waals surface area contributed by atoms with Gasteiger partial charge < -0.3 is 0 Å². The van der Waals surface area contributed by atoms with Crippen molar-refractivity contribution in [2.45, 2.75) is 18.3 Å². The highest BCUT2D eigenvalue weighted by Crippen LogP contribution is 2.30. The molecule has 136 valence electrons. The van der Waals surface area contributed by atoms with E-state index in [1.54, 1.807) is 4.90 Å². The molecule has 0 saturated carbocycles. The van der Waals surface area contributed by atoms with Crippen molar-refractivity contribution in [3.05, 3.63) is 71.3 Å². The second-order valence-corrected chi connectivity index (χ2v) is 6.80. The van der Waals surface area contributed by atoms with Crippen LogP contribution >= 0.6 is 11.8 Å². The van der Waals surface area contributed by atoms with E-state index in [1.807, 2.05) is 30.3 Å². The van der Waals surface area contributed by atoms with E-state index in [-0.39, 0.29) is 5.91 Å². The third-order valence-corrected chi connectivity index (χ3v) is 5.04. The largest absolute Gasteiger partial charge is 0.416 e. The number of rotatable bonds is 4. The summed E-state index contributed by atoms with van der Waals surface area (Å²) in [5.41, 5.74) is 1.04. The first kappa shape index (κ1) is 18.5. The van der Waals surface area contributed by atoms with Crippen LogP contribution in [0.2, 0.25) is 0 Å². The summed E-state index contributed by atoms with van der Waals surface area (Å²) in [7, 11) is 0. The first-order chi connectivity index (χ1) is 12.4. The molecule has 1 amide bonds. The highest BCUT2D eigenvalue weighted by atomic mass is 32.2. The average Bonchev–Trinajstić information content (AvgIpc) is 3.09. The zero-order valence-corrected chi connectivity index (χ0v) is 14.7. The fraction of sp³-hybridized carbons (Fsp3) is 0.263. The number of halogens is 3. The smallest absolute Gasteiger partial charge is 0.289 e. The maximum absolute atomic E-state index is 12.6. The van der Waals surface area contributed by atoms with E-state index < -0.39 is 11.7 Å². The van der Waals surface area contributed by atoms with Gasteiger partial charge in [-0.1, -0.05) is 54.2 Å². The summed E-state index contributed by atoms with van der Waals surface area (Å²) >= 11 is 1.37. The molecule has 1 heterocycles. The summed E-state index contributed by atoms with van der Waals surface area (Å²) < 4.78 is 37.8. The number of carbonyl (C=O) groups is 1. The van der Waals surface area contributed by atoms with Crippen LogP contribution in [-0.2, 0) is 23.1 Å². The fourth-order valence-electron chi connectivity index (χ4n) is 2.59. The van der Waals surface area contributed by atoms with Gasteiger partial charge >= 0.3 is 6.18 Å². The van der Waals surface area contributed by atoms with Crippen molar-refractivity contribution in [1.29, 1.82) is 0 Å². The van der Waals surface area contributed by atoms with Gasteiger partial charge in [-0.05, 0) is 23.3 Å². The zero-order chi connectivity index (χ0) is 18.6. The Labute approximate surface area is 153 Å². The van der Waals surface area contributed by atoms with E-state index in [9.17, 15) is 18.0 Å². The summed E-state index contributed by atoms with van der Waals surface area (Å²) in [6.07, 6.45) is -4.03. The molecule has 0 N–H and O–H groups in total. The normalized spacial score (nSPS) is 14.4. The molecule has 0 saturated heterocycles. The highest BCUT2D eigenvalue weighted by Gasteiger charge is 2.30. The minimum Gasteiger partial charge on any atom is -0.289 e. The number of benzene rings is 2. The number of nitrogens with zero attached hydrogens (tertiary/aromatic N) is 2. The predicted molar refractivity (Wildman–Crippen MR) is 96.9 cm³/mol. The molecular formula is C19H17F3N2OS. The first-order valence-electron chi connectivity index (χ1n) is 8.11. The van der Waals surface area contributed by atoms with Crippen LogP contribution in [0.25, 0.3) is 0 Å². The zero-order valence-electron chi connectivity index (χ0n) is 13.9. The molecule has 0 atom stereocenters. The van der Waals surface area contributed by atoms with Gasteiger partial charge in [0.15, 0.2) is 5.17 Å². The van der Waals surface area contributed by atoms with Crippen molar-refractivity contribution in [3.8, 4) is 0 Å². The molecule has 0 unspecified atom stereocenters. The Balaban J connectivity index is 1.58. The van der Waals surface area contributed by atoms with Gasteiger partial charge in [-0.15, -0.1) is 0 Å². The SMILES string of the molecule is O=C(Cc1ccccc1)N1CCN=C1SCc1ccc(C(F)(F)F)cc1. The number of amidine groups is 1. The van der Waals surface area contributed by atoms with E-state index in [2.05, 4.69) is 4.99 Å². The number of hydrogen-bond acceptors (Lipinski definition) is 3. The standard InChI is InChI=1S/C19H17F3N2OS/c20-19(21,22)16-8-6-15(7-9-16)13-26-18-23-10-11-24(18)17(25)12-14-4-2-1-3-5-14/h1-9H,10-13H2. The topological polar surface area (TPSA) is 32.7 Å². The third kappa shape index (κ3) is 4.66. The summed E-state index contributed by atoms with van der Waals surface area (Å²) in [4.78, 5) is 18.5. The lowest BCUT2D eigenvalue weighted by molar-refractivity contribution is -0.137. The molecule has 0 bridgehead atoms. The first-order valence-corrected chi connectivity index (χ1v) is 9.10. The molecule has 2 aromatic carbocycles. The van der Waals surface area contributed by atoms with Crippen LogP contribution in [0.5, 0.6) is 0 Å². The molecule has 1 aliphatic heterocycles. The van der Waals surface area contributed by atoms with Crippen molar-refractivity contribution in [1.82, 2.24) is 4.90 Å². The van der Waals surface area contributed by atoms with E-state index in [0.717, 1.165) is 23.3 Å². The van der Waals surface area contributed by atoms with Crippen molar-refractivity contribution < 1.29 is 18.0 Å². The molecule has 0 aromatic heterocycles. The van der Waals surface area contributed by atoms with Crippen LogP contribution in [0.1, 0.15) is 16.7 Å². The van der Waals surface area contributed by atoms with Gasteiger partial charge in [0.1, 0.15) is 0 Å². The number of amides is 1. The molecule has 3 rings (SSSR count). The average molecular weight is 378 g/mol.